The standard InChI is InChI=1S/C28H42N8O2/c1-6-33(7-2)16-17-38-28-31-25-19-36(26-20(3)8-9-24(29)23(26)18-30-5)11-10-22(25)27(32-28)35-14-12-34(13-15-35)21(4)37/h8-9,18H,6-7,10-17,19,29H2,1-5H3. The number of aromatic nitrogens is 2. The zero-order chi connectivity index (χ0) is 27.2. The lowest BCUT2D eigenvalue weighted by atomic mass is 10.00. The third kappa shape index (κ3) is 6.01. The maximum absolute atomic E-state index is 11.9. The lowest BCUT2D eigenvalue weighted by Crippen LogP contribution is -2.49. The predicted molar refractivity (Wildman–Crippen MR) is 154 cm³/mol. The highest BCUT2D eigenvalue weighted by atomic mass is 16.5. The van der Waals surface area contributed by atoms with Gasteiger partial charge in [0.1, 0.15) is 12.4 Å². The Morgan fingerprint density at radius 1 is 1.13 bits per heavy atom. The number of rotatable bonds is 9. The number of carbonyl (C=O) groups excluding carboxylic acids is 1. The summed E-state index contributed by atoms with van der Waals surface area (Å²) in [6.45, 7) is 15.7. The fraction of sp³-hybridized carbons (Fsp3) is 0.571. The number of likely N-dealkylation sites (N-methyl/N-ethyl adjacent to an activating group) is 1. The number of benzene rings is 1. The Balaban J connectivity index is 1.65. The number of aryl methyl sites for hydroxylation is 1. The number of hydrogen-bond donors (Lipinski definition) is 1. The van der Waals surface area contributed by atoms with E-state index in [4.69, 9.17) is 20.4 Å². The van der Waals surface area contributed by atoms with Gasteiger partial charge >= 0.3 is 6.01 Å². The van der Waals surface area contributed by atoms with E-state index in [-0.39, 0.29) is 5.91 Å². The second-order valence-electron chi connectivity index (χ2n) is 9.92. The fourth-order valence-corrected chi connectivity index (χ4v) is 5.36. The van der Waals surface area contributed by atoms with E-state index in [1.807, 2.05) is 17.2 Å². The van der Waals surface area contributed by atoms with Crippen molar-refractivity contribution < 1.29 is 9.53 Å². The van der Waals surface area contributed by atoms with Crippen molar-refractivity contribution in [1.82, 2.24) is 19.8 Å². The minimum atomic E-state index is 0.120. The molecule has 0 spiro atoms. The molecular formula is C28H42N8O2. The van der Waals surface area contributed by atoms with Gasteiger partial charge in [-0.05, 0) is 38.1 Å². The molecule has 206 valence electrons. The lowest BCUT2D eigenvalue weighted by Gasteiger charge is -2.38. The van der Waals surface area contributed by atoms with Gasteiger partial charge in [0.2, 0.25) is 5.91 Å². The number of ether oxygens (including phenoxy) is 1. The minimum Gasteiger partial charge on any atom is -0.462 e. The van der Waals surface area contributed by atoms with E-state index in [0.717, 1.165) is 74.0 Å². The molecule has 38 heavy (non-hydrogen) atoms. The molecule has 4 rings (SSSR count). The number of anilines is 3. The van der Waals surface area contributed by atoms with Crippen LogP contribution in [0.4, 0.5) is 17.2 Å². The van der Waals surface area contributed by atoms with Crippen molar-refractivity contribution >= 4 is 29.3 Å². The number of carbonyl (C=O) groups is 1. The summed E-state index contributed by atoms with van der Waals surface area (Å²) >= 11 is 0. The van der Waals surface area contributed by atoms with E-state index in [1.54, 1.807) is 14.0 Å². The molecule has 0 saturated carbocycles. The van der Waals surface area contributed by atoms with Crippen molar-refractivity contribution in [2.75, 3.05) is 81.5 Å². The highest BCUT2D eigenvalue weighted by Gasteiger charge is 2.29. The van der Waals surface area contributed by atoms with Crippen LogP contribution in [0.1, 0.15) is 43.2 Å². The lowest BCUT2D eigenvalue weighted by molar-refractivity contribution is -0.129. The normalized spacial score (nSPS) is 15.9. The summed E-state index contributed by atoms with van der Waals surface area (Å²) in [5.41, 5.74) is 12.4. The van der Waals surface area contributed by atoms with Crippen LogP contribution in [0.5, 0.6) is 6.01 Å². The van der Waals surface area contributed by atoms with Gasteiger partial charge < -0.3 is 30.1 Å². The van der Waals surface area contributed by atoms with Gasteiger partial charge in [-0.1, -0.05) is 19.9 Å². The average molecular weight is 523 g/mol. The van der Waals surface area contributed by atoms with Crippen molar-refractivity contribution in [3.05, 3.63) is 34.5 Å². The molecule has 0 bridgehead atoms. The van der Waals surface area contributed by atoms with E-state index in [1.165, 1.54) is 5.56 Å². The molecule has 0 atom stereocenters. The molecule has 3 heterocycles. The van der Waals surface area contributed by atoms with Crippen LogP contribution in [0.25, 0.3) is 0 Å². The van der Waals surface area contributed by atoms with Crippen LogP contribution in [0.3, 0.4) is 0 Å². The van der Waals surface area contributed by atoms with Crippen LogP contribution in [0.2, 0.25) is 0 Å². The summed E-state index contributed by atoms with van der Waals surface area (Å²) in [5.74, 6) is 1.06. The number of amides is 1. The zero-order valence-electron chi connectivity index (χ0n) is 23.5. The minimum absolute atomic E-state index is 0.120. The number of aliphatic imine (C=N–C) groups is 1. The van der Waals surface area contributed by atoms with E-state index >= 15 is 0 Å². The third-order valence-corrected chi connectivity index (χ3v) is 7.61. The molecule has 10 nitrogen and oxygen atoms in total. The van der Waals surface area contributed by atoms with Crippen molar-refractivity contribution in [3.8, 4) is 6.01 Å². The van der Waals surface area contributed by atoms with Crippen LogP contribution < -0.4 is 20.3 Å². The number of nitrogens with two attached hydrogens (primary N) is 1. The second-order valence-corrected chi connectivity index (χ2v) is 9.92. The molecule has 1 saturated heterocycles. The Hall–Kier alpha value is -3.40. The summed E-state index contributed by atoms with van der Waals surface area (Å²) in [6.07, 6.45) is 2.66. The summed E-state index contributed by atoms with van der Waals surface area (Å²) in [5, 5.41) is 0. The third-order valence-electron chi connectivity index (χ3n) is 7.61. The number of nitrogen functional groups attached to an aromatic ring is 1. The maximum atomic E-state index is 11.9. The van der Waals surface area contributed by atoms with Crippen LogP contribution in [0.15, 0.2) is 17.1 Å². The highest BCUT2D eigenvalue weighted by Crippen LogP contribution is 2.35. The summed E-state index contributed by atoms with van der Waals surface area (Å²) in [6, 6.07) is 4.42. The summed E-state index contributed by atoms with van der Waals surface area (Å²) in [4.78, 5) is 34.8. The van der Waals surface area contributed by atoms with E-state index in [9.17, 15) is 4.79 Å². The fourth-order valence-electron chi connectivity index (χ4n) is 5.36. The molecule has 1 fully saturated rings. The SMILES string of the molecule is CCN(CC)CCOc1nc2c(c(N3CCN(C(C)=O)CC3)n1)CCN(c1c(C)ccc(N)c1C=NC)C2. The van der Waals surface area contributed by atoms with Crippen molar-refractivity contribution in [3.63, 3.8) is 0 Å². The number of piperazine rings is 1. The number of nitrogens with zero attached hydrogens (tertiary/aromatic N) is 7. The monoisotopic (exact) mass is 522 g/mol. The molecule has 0 aliphatic carbocycles. The first-order valence-corrected chi connectivity index (χ1v) is 13.7. The predicted octanol–water partition coefficient (Wildman–Crippen LogP) is 2.37. The van der Waals surface area contributed by atoms with Crippen molar-refractivity contribution in [1.29, 1.82) is 0 Å². The van der Waals surface area contributed by atoms with Gasteiger partial charge in [-0.3, -0.25) is 9.79 Å². The molecular weight excluding hydrogens is 480 g/mol. The van der Waals surface area contributed by atoms with Gasteiger partial charge in [0.05, 0.1) is 17.9 Å². The zero-order valence-corrected chi connectivity index (χ0v) is 23.5. The van der Waals surface area contributed by atoms with Crippen LogP contribution in [-0.2, 0) is 17.8 Å². The topological polar surface area (TPSA) is 103 Å². The molecule has 1 amide bonds. The number of fused-ring (bicyclic) bond motifs is 1. The largest absolute Gasteiger partial charge is 0.462 e. The first-order chi connectivity index (χ1) is 18.4. The summed E-state index contributed by atoms with van der Waals surface area (Å²) in [7, 11) is 1.77. The Bertz CT molecular complexity index is 1160. The van der Waals surface area contributed by atoms with Crippen molar-refractivity contribution in [2.45, 2.75) is 40.7 Å². The van der Waals surface area contributed by atoms with Gasteiger partial charge in [-0.25, -0.2) is 0 Å². The van der Waals surface area contributed by atoms with Crippen LogP contribution >= 0.6 is 0 Å². The van der Waals surface area contributed by atoms with E-state index < -0.39 is 0 Å². The van der Waals surface area contributed by atoms with E-state index in [0.29, 0.717) is 37.9 Å². The van der Waals surface area contributed by atoms with Gasteiger partial charge in [0, 0.05) is 76.3 Å². The van der Waals surface area contributed by atoms with Gasteiger partial charge in [-0.15, -0.1) is 0 Å². The van der Waals surface area contributed by atoms with E-state index in [2.05, 4.69) is 46.5 Å². The molecule has 2 aromatic rings. The Morgan fingerprint density at radius 2 is 1.87 bits per heavy atom. The Labute approximate surface area is 226 Å². The molecule has 10 heteroatoms. The van der Waals surface area contributed by atoms with Gasteiger partial charge in [0.15, 0.2) is 0 Å². The maximum Gasteiger partial charge on any atom is 0.318 e. The molecule has 2 aliphatic heterocycles. The second kappa shape index (κ2) is 12.4. The molecule has 0 unspecified atom stereocenters. The van der Waals surface area contributed by atoms with Gasteiger partial charge in [0.25, 0.3) is 0 Å². The molecule has 2 aliphatic rings. The van der Waals surface area contributed by atoms with Crippen molar-refractivity contribution in [2.24, 2.45) is 4.99 Å². The van der Waals surface area contributed by atoms with Gasteiger partial charge in [-0.2, -0.15) is 9.97 Å². The molecule has 2 N–H and O–H groups in total. The van der Waals surface area contributed by atoms with Crippen LogP contribution in [-0.4, -0.2) is 97.9 Å². The first-order valence-electron chi connectivity index (χ1n) is 13.7. The smallest absolute Gasteiger partial charge is 0.318 e. The Kier molecular flexibility index (Phi) is 9.04. The molecule has 1 aromatic heterocycles. The average Bonchev–Trinajstić information content (AvgIpc) is 2.92. The first kappa shape index (κ1) is 27.6. The highest BCUT2D eigenvalue weighted by molar-refractivity contribution is 5.95. The quantitative estimate of drug-likeness (QED) is 0.396. The Morgan fingerprint density at radius 3 is 2.53 bits per heavy atom. The summed E-state index contributed by atoms with van der Waals surface area (Å²) < 4.78 is 6.13. The molecule has 0 radical (unpaired) electrons. The number of hydrogen-bond acceptors (Lipinski definition) is 9. The molecule has 1 aromatic carbocycles. The van der Waals surface area contributed by atoms with Crippen LogP contribution in [0, 0.1) is 6.92 Å².